The zero-order valence-corrected chi connectivity index (χ0v) is 21.5. The van der Waals surface area contributed by atoms with E-state index in [0.717, 1.165) is 12.1 Å². The van der Waals surface area contributed by atoms with Gasteiger partial charge < -0.3 is 9.88 Å². The number of alkyl halides is 3. The van der Waals surface area contributed by atoms with Crippen LogP contribution >= 0.6 is 11.6 Å². The predicted molar refractivity (Wildman–Crippen MR) is 132 cm³/mol. The van der Waals surface area contributed by atoms with E-state index >= 15 is 0 Å². The van der Waals surface area contributed by atoms with Crippen molar-refractivity contribution < 1.29 is 26.4 Å². The second kappa shape index (κ2) is 11.4. The van der Waals surface area contributed by atoms with Crippen molar-refractivity contribution in [3.63, 3.8) is 0 Å². The van der Waals surface area contributed by atoms with Gasteiger partial charge in [0.1, 0.15) is 22.7 Å². The number of sulfonamides is 1. The molecule has 0 saturated carbocycles. The molecule has 1 aromatic heterocycles. The van der Waals surface area contributed by atoms with E-state index in [2.05, 4.69) is 10.0 Å². The van der Waals surface area contributed by atoms with Gasteiger partial charge in [0, 0.05) is 18.8 Å². The van der Waals surface area contributed by atoms with Gasteiger partial charge in [-0.3, -0.25) is 4.79 Å². The first-order valence-electron chi connectivity index (χ1n) is 11.1. The van der Waals surface area contributed by atoms with Crippen LogP contribution in [0.4, 0.5) is 13.2 Å². The highest BCUT2D eigenvalue weighted by atomic mass is 35.5. The Morgan fingerprint density at radius 2 is 1.81 bits per heavy atom. The number of nitrogens with zero attached hydrogens (tertiary/aromatic N) is 2. The highest BCUT2D eigenvalue weighted by Gasteiger charge is 2.31. The molecule has 2 atom stereocenters. The maximum Gasteiger partial charge on any atom is 0.416 e. The molecule has 0 fully saturated rings. The maximum absolute atomic E-state index is 13.2. The average Bonchev–Trinajstić information content (AvgIpc) is 3.30. The van der Waals surface area contributed by atoms with Crippen molar-refractivity contribution >= 4 is 27.5 Å². The molecule has 2 N–H and O–H groups in total. The lowest BCUT2D eigenvalue weighted by Crippen LogP contribution is -2.47. The Kier molecular flexibility index (Phi) is 8.68. The van der Waals surface area contributed by atoms with Crippen LogP contribution in [-0.2, 0) is 27.5 Å². The fraction of sp³-hybridized carbons (Fsp3) is 0.280. The molecule has 0 aliphatic carbocycles. The van der Waals surface area contributed by atoms with Crippen LogP contribution in [0.5, 0.6) is 0 Å². The van der Waals surface area contributed by atoms with E-state index in [-0.39, 0.29) is 22.9 Å². The molecule has 1 amide bonds. The number of nitrogens with one attached hydrogen (secondary N) is 2. The molecule has 0 bridgehead atoms. The lowest BCUT2D eigenvalue weighted by molar-refractivity contribution is -0.137. The summed E-state index contributed by atoms with van der Waals surface area (Å²) in [4.78, 5) is 13.0. The number of aryl methyl sites for hydroxylation is 1. The van der Waals surface area contributed by atoms with Crippen molar-refractivity contribution in [2.45, 2.75) is 50.0 Å². The molecule has 0 saturated heterocycles. The third kappa shape index (κ3) is 6.91. The maximum atomic E-state index is 13.2. The summed E-state index contributed by atoms with van der Waals surface area (Å²) in [6.07, 6.45) is -2.86. The summed E-state index contributed by atoms with van der Waals surface area (Å²) in [6, 6.07) is 12.4. The van der Waals surface area contributed by atoms with Gasteiger partial charge in [0.15, 0.2) is 0 Å². The third-order valence-corrected chi connectivity index (χ3v) is 7.84. The minimum Gasteiger partial charge on any atom is -0.351 e. The SMILES string of the molecule is Cc1cccc(Cl)c1S(=O)(=O)NC(CC(C)n1cccc1C#N)C(=O)NCc1ccc(C(F)(F)F)cc1. The van der Waals surface area contributed by atoms with Gasteiger partial charge in [0.2, 0.25) is 15.9 Å². The highest BCUT2D eigenvalue weighted by molar-refractivity contribution is 7.89. The van der Waals surface area contributed by atoms with Gasteiger partial charge in [-0.15, -0.1) is 0 Å². The molecule has 7 nitrogen and oxygen atoms in total. The van der Waals surface area contributed by atoms with Crippen molar-refractivity contribution in [1.29, 1.82) is 5.26 Å². The van der Waals surface area contributed by atoms with E-state index in [9.17, 15) is 31.6 Å². The largest absolute Gasteiger partial charge is 0.416 e. The summed E-state index contributed by atoms with van der Waals surface area (Å²) in [6.45, 7) is 3.18. The lowest BCUT2D eigenvalue weighted by Gasteiger charge is -2.24. The normalized spacial score (nSPS) is 13.5. The zero-order chi connectivity index (χ0) is 27.4. The van der Waals surface area contributed by atoms with Gasteiger partial charge in [-0.25, -0.2) is 8.42 Å². The molecule has 2 aromatic carbocycles. The fourth-order valence-corrected chi connectivity index (χ4v) is 5.90. The van der Waals surface area contributed by atoms with Crippen LogP contribution in [-0.4, -0.2) is 24.9 Å². The summed E-state index contributed by atoms with van der Waals surface area (Å²) < 4.78 is 69.0. The standard InChI is InChI=1S/C25H24ClF3N4O3S/c1-16-5-3-7-21(26)23(16)37(35,36)32-22(13-17(2)33-12-4-6-20(33)14-30)24(34)31-15-18-8-10-19(11-9-18)25(27,28)29/h3-12,17,22,32H,13,15H2,1-2H3,(H,31,34). The van der Waals surface area contributed by atoms with Crippen LogP contribution in [0, 0.1) is 18.3 Å². The third-order valence-electron chi connectivity index (χ3n) is 5.74. The first-order valence-corrected chi connectivity index (χ1v) is 13.0. The smallest absolute Gasteiger partial charge is 0.351 e. The fourth-order valence-electron chi connectivity index (χ4n) is 3.86. The Bertz CT molecular complexity index is 1390. The molecule has 0 radical (unpaired) electrons. The lowest BCUT2D eigenvalue weighted by atomic mass is 10.1. The highest BCUT2D eigenvalue weighted by Crippen LogP contribution is 2.29. The molecule has 12 heteroatoms. The van der Waals surface area contributed by atoms with E-state index in [0.29, 0.717) is 16.8 Å². The van der Waals surface area contributed by atoms with E-state index in [1.807, 2.05) is 6.07 Å². The Morgan fingerprint density at radius 1 is 1.14 bits per heavy atom. The average molecular weight is 553 g/mol. The topological polar surface area (TPSA) is 104 Å². The second-order valence-corrected chi connectivity index (χ2v) is 10.5. The van der Waals surface area contributed by atoms with Crippen molar-refractivity contribution in [2.24, 2.45) is 0 Å². The number of benzene rings is 2. The Labute approximate surface area is 217 Å². The van der Waals surface area contributed by atoms with E-state index < -0.39 is 39.8 Å². The van der Waals surface area contributed by atoms with Crippen molar-refractivity contribution in [2.75, 3.05) is 0 Å². The molecule has 0 spiro atoms. The van der Waals surface area contributed by atoms with Crippen LogP contribution in [0.3, 0.4) is 0 Å². The molecule has 37 heavy (non-hydrogen) atoms. The summed E-state index contributed by atoms with van der Waals surface area (Å²) in [5.74, 6) is -0.689. The molecule has 1 heterocycles. The minimum absolute atomic E-state index is 0.0124. The Balaban J connectivity index is 1.85. The van der Waals surface area contributed by atoms with Gasteiger partial charge in [-0.05, 0) is 61.7 Å². The number of hydrogen-bond acceptors (Lipinski definition) is 4. The molecule has 3 rings (SSSR count). The Hall–Kier alpha value is -3.33. The Morgan fingerprint density at radius 3 is 2.41 bits per heavy atom. The first kappa shape index (κ1) is 28.2. The number of hydrogen-bond donors (Lipinski definition) is 2. The predicted octanol–water partition coefficient (Wildman–Crippen LogP) is 4.96. The van der Waals surface area contributed by atoms with Crippen molar-refractivity contribution in [1.82, 2.24) is 14.6 Å². The van der Waals surface area contributed by atoms with Crippen LogP contribution < -0.4 is 10.0 Å². The van der Waals surface area contributed by atoms with Crippen LogP contribution in [0.2, 0.25) is 5.02 Å². The minimum atomic E-state index is -4.49. The quantitative estimate of drug-likeness (QED) is 0.392. The second-order valence-electron chi connectivity index (χ2n) is 8.47. The first-order chi connectivity index (χ1) is 17.3. The molecular weight excluding hydrogens is 529 g/mol. The summed E-state index contributed by atoms with van der Waals surface area (Å²) in [7, 11) is -4.24. The summed E-state index contributed by atoms with van der Waals surface area (Å²) >= 11 is 6.15. The summed E-state index contributed by atoms with van der Waals surface area (Å²) in [5, 5.41) is 11.9. The number of halogens is 4. The molecule has 196 valence electrons. The van der Waals surface area contributed by atoms with Crippen LogP contribution in [0.1, 0.15) is 41.8 Å². The molecule has 0 aliphatic heterocycles. The number of nitriles is 1. The van der Waals surface area contributed by atoms with Gasteiger partial charge in [-0.1, -0.05) is 35.9 Å². The molecule has 2 unspecified atom stereocenters. The number of aromatic nitrogens is 1. The summed E-state index contributed by atoms with van der Waals surface area (Å²) in [5.41, 5.74) is 0.294. The molecular formula is C25H24ClF3N4O3S. The van der Waals surface area contributed by atoms with Gasteiger partial charge in [-0.2, -0.15) is 23.2 Å². The van der Waals surface area contributed by atoms with Gasteiger partial charge >= 0.3 is 6.18 Å². The molecule has 0 aliphatic rings. The number of amides is 1. The number of rotatable bonds is 9. The van der Waals surface area contributed by atoms with E-state index in [4.69, 9.17) is 11.6 Å². The van der Waals surface area contributed by atoms with Crippen molar-refractivity contribution in [3.8, 4) is 6.07 Å². The number of carbonyl (C=O) groups excluding carboxylic acids is 1. The van der Waals surface area contributed by atoms with Crippen LogP contribution in [0.15, 0.2) is 65.7 Å². The van der Waals surface area contributed by atoms with E-state index in [1.165, 1.54) is 18.2 Å². The van der Waals surface area contributed by atoms with Crippen molar-refractivity contribution in [3.05, 3.63) is 88.2 Å². The monoisotopic (exact) mass is 552 g/mol. The zero-order valence-electron chi connectivity index (χ0n) is 19.9. The van der Waals surface area contributed by atoms with Gasteiger partial charge in [0.25, 0.3) is 0 Å². The van der Waals surface area contributed by atoms with Crippen LogP contribution in [0.25, 0.3) is 0 Å². The number of carbonyl (C=O) groups is 1. The van der Waals surface area contributed by atoms with E-state index in [1.54, 1.807) is 48.9 Å². The molecule has 3 aromatic rings. The van der Waals surface area contributed by atoms with Gasteiger partial charge in [0.05, 0.1) is 10.6 Å².